The summed E-state index contributed by atoms with van der Waals surface area (Å²) in [6, 6.07) is 5.31. The second-order valence-electron chi connectivity index (χ2n) is 10.4. The van der Waals surface area contributed by atoms with Gasteiger partial charge in [-0.05, 0) is 81.4 Å². The largest absolute Gasteiger partial charge is 0.416 e. The molecule has 6 rings (SSSR count). The average Bonchev–Trinajstić information content (AvgIpc) is 2.71. The topological polar surface area (TPSA) is 35.6 Å². The van der Waals surface area contributed by atoms with E-state index in [0.717, 1.165) is 43.1 Å². The number of alkyl halides is 3. The highest BCUT2D eigenvalue weighted by atomic mass is 19.4. The summed E-state index contributed by atoms with van der Waals surface area (Å²) in [6.45, 7) is 4.56. The highest BCUT2D eigenvalue weighted by Gasteiger charge is 2.51. The van der Waals surface area contributed by atoms with Crippen LogP contribution in [0.15, 0.2) is 24.3 Å². The molecule has 1 unspecified atom stereocenters. The maximum Gasteiger partial charge on any atom is 0.416 e. The Morgan fingerprint density at radius 1 is 1.03 bits per heavy atom. The molecular formula is C24H32F3N3O. The van der Waals surface area contributed by atoms with Crippen molar-refractivity contribution in [1.82, 2.24) is 10.2 Å². The van der Waals surface area contributed by atoms with E-state index in [0.29, 0.717) is 31.9 Å². The van der Waals surface area contributed by atoms with Crippen molar-refractivity contribution >= 4 is 11.6 Å². The lowest BCUT2D eigenvalue weighted by Crippen LogP contribution is -2.63. The number of hydrogen-bond donors (Lipinski definition) is 1. The summed E-state index contributed by atoms with van der Waals surface area (Å²) in [6.07, 6.45) is 3.14. The van der Waals surface area contributed by atoms with Gasteiger partial charge < -0.3 is 10.2 Å². The average molecular weight is 436 g/mol. The third kappa shape index (κ3) is 4.18. The summed E-state index contributed by atoms with van der Waals surface area (Å²) in [7, 11) is 0. The van der Waals surface area contributed by atoms with Crippen LogP contribution < -0.4 is 10.2 Å². The number of piperazine rings is 1. The van der Waals surface area contributed by atoms with E-state index in [-0.39, 0.29) is 17.5 Å². The Balaban J connectivity index is 1.18. The molecule has 1 aliphatic heterocycles. The quantitative estimate of drug-likeness (QED) is 0.766. The first-order chi connectivity index (χ1) is 14.7. The zero-order chi connectivity index (χ0) is 21.8. The van der Waals surface area contributed by atoms with Gasteiger partial charge in [-0.3, -0.25) is 9.69 Å². The van der Waals surface area contributed by atoms with Crippen LogP contribution in [0.2, 0.25) is 0 Å². The van der Waals surface area contributed by atoms with Crippen LogP contribution in [0.4, 0.5) is 18.9 Å². The molecule has 4 bridgehead atoms. The van der Waals surface area contributed by atoms with Crippen LogP contribution in [0.25, 0.3) is 0 Å². The fourth-order valence-electron chi connectivity index (χ4n) is 7.04. The van der Waals surface area contributed by atoms with Crippen LogP contribution in [0, 0.1) is 17.8 Å². The zero-order valence-corrected chi connectivity index (χ0v) is 18.1. The van der Waals surface area contributed by atoms with Gasteiger partial charge in [0.05, 0.1) is 11.6 Å². The molecule has 0 radical (unpaired) electrons. The first-order valence-corrected chi connectivity index (χ1v) is 11.7. The number of rotatable bonds is 4. The van der Waals surface area contributed by atoms with Gasteiger partial charge in [-0.15, -0.1) is 0 Å². The number of halogens is 3. The second-order valence-corrected chi connectivity index (χ2v) is 10.4. The van der Waals surface area contributed by atoms with Crippen LogP contribution in [0.1, 0.15) is 51.0 Å². The van der Waals surface area contributed by atoms with Gasteiger partial charge in [-0.25, -0.2) is 0 Å². The van der Waals surface area contributed by atoms with E-state index in [1.54, 1.807) is 6.07 Å². The lowest BCUT2D eigenvalue weighted by molar-refractivity contribution is -0.137. The Morgan fingerprint density at radius 2 is 1.61 bits per heavy atom. The fourth-order valence-corrected chi connectivity index (χ4v) is 7.04. The minimum absolute atomic E-state index is 0.0138. The summed E-state index contributed by atoms with van der Waals surface area (Å²) in [4.78, 5) is 17.3. The van der Waals surface area contributed by atoms with Gasteiger partial charge in [0, 0.05) is 37.4 Å². The van der Waals surface area contributed by atoms with Gasteiger partial charge in [0.25, 0.3) is 0 Å². The molecule has 1 aromatic rings. The number of anilines is 1. The maximum absolute atomic E-state index is 13.1. The molecule has 31 heavy (non-hydrogen) atoms. The molecule has 170 valence electrons. The predicted octanol–water partition coefficient (Wildman–Crippen LogP) is 4.30. The summed E-state index contributed by atoms with van der Waals surface area (Å²) < 4.78 is 39.1. The minimum atomic E-state index is -4.33. The molecule has 1 N–H and O–H groups in total. The van der Waals surface area contributed by atoms with Crippen LogP contribution >= 0.6 is 0 Å². The standard InChI is InChI=1S/C24H32F3N3O/c1-16(22(31)28-23-13-17-9-18(14-23)11-19(10-17)15-23)29-5-7-30(8-6-29)21-4-2-3-20(12-21)24(25,26)27/h2-4,12,16-19H,5-11,13-15H2,1H3,(H,28,31). The van der Waals surface area contributed by atoms with Crippen molar-refractivity contribution in [2.75, 3.05) is 31.1 Å². The van der Waals surface area contributed by atoms with Crippen molar-refractivity contribution in [3.05, 3.63) is 29.8 Å². The second kappa shape index (κ2) is 7.68. The minimum Gasteiger partial charge on any atom is -0.369 e. The van der Waals surface area contributed by atoms with Crippen LogP contribution in [0.5, 0.6) is 0 Å². The smallest absolute Gasteiger partial charge is 0.369 e. The summed E-state index contributed by atoms with van der Waals surface area (Å²) in [5, 5.41) is 3.47. The van der Waals surface area contributed by atoms with E-state index in [1.807, 2.05) is 11.8 Å². The first kappa shape index (κ1) is 21.1. The van der Waals surface area contributed by atoms with E-state index >= 15 is 0 Å². The molecule has 4 aliphatic carbocycles. The Morgan fingerprint density at radius 3 is 2.16 bits per heavy atom. The molecule has 4 nitrogen and oxygen atoms in total. The highest BCUT2D eigenvalue weighted by Crippen LogP contribution is 2.55. The number of carbonyl (C=O) groups excluding carboxylic acids is 1. The molecule has 7 heteroatoms. The SMILES string of the molecule is CC(C(=O)NC12CC3CC(CC(C3)C1)C2)N1CCN(c2cccc(C(F)(F)F)c2)CC1. The van der Waals surface area contributed by atoms with Gasteiger partial charge in [0.2, 0.25) is 5.91 Å². The van der Waals surface area contributed by atoms with Gasteiger partial charge in [0.1, 0.15) is 0 Å². The number of amides is 1. The van der Waals surface area contributed by atoms with Gasteiger partial charge in [-0.1, -0.05) is 6.07 Å². The van der Waals surface area contributed by atoms with E-state index in [9.17, 15) is 18.0 Å². The summed E-state index contributed by atoms with van der Waals surface area (Å²) >= 11 is 0. The molecule has 0 spiro atoms. The van der Waals surface area contributed by atoms with Crippen molar-refractivity contribution in [3.8, 4) is 0 Å². The van der Waals surface area contributed by atoms with Crippen LogP contribution in [-0.2, 0) is 11.0 Å². The van der Waals surface area contributed by atoms with Crippen molar-refractivity contribution in [2.24, 2.45) is 17.8 Å². The number of nitrogens with one attached hydrogen (secondary N) is 1. The lowest BCUT2D eigenvalue weighted by atomic mass is 9.53. The Kier molecular flexibility index (Phi) is 5.23. The number of hydrogen-bond acceptors (Lipinski definition) is 3. The van der Waals surface area contributed by atoms with Gasteiger partial charge in [0.15, 0.2) is 0 Å². The normalized spacial score (nSPS) is 34.1. The zero-order valence-electron chi connectivity index (χ0n) is 18.1. The molecular weight excluding hydrogens is 403 g/mol. The lowest BCUT2D eigenvalue weighted by Gasteiger charge is -2.57. The third-order valence-corrected chi connectivity index (χ3v) is 8.21. The Bertz CT molecular complexity index is 796. The van der Waals surface area contributed by atoms with E-state index in [2.05, 4.69) is 10.2 Å². The van der Waals surface area contributed by atoms with E-state index in [1.165, 1.54) is 31.4 Å². The summed E-state index contributed by atoms with van der Waals surface area (Å²) in [5.74, 6) is 2.49. The predicted molar refractivity (Wildman–Crippen MR) is 114 cm³/mol. The highest BCUT2D eigenvalue weighted by molar-refractivity contribution is 5.82. The van der Waals surface area contributed by atoms with Crippen LogP contribution in [0.3, 0.4) is 0 Å². The number of carbonyl (C=O) groups is 1. The van der Waals surface area contributed by atoms with E-state index < -0.39 is 11.7 Å². The van der Waals surface area contributed by atoms with Crippen molar-refractivity contribution < 1.29 is 18.0 Å². The van der Waals surface area contributed by atoms with Gasteiger partial charge >= 0.3 is 6.18 Å². The fraction of sp³-hybridized carbons (Fsp3) is 0.708. The number of nitrogens with zero attached hydrogens (tertiary/aromatic N) is 2. The van der Waals surface area contributed by atoms with Gasteiger partial charge in [-0.2, -0.15) is 13.2 Å². The molecule has 1 atom stereocenters. The maximum atomic E-state index is 13.1. The van der Waals surface area contributed by atoms with Crippen LogP contribution in [-0.4, -0.2) is 48.6 Å². The van der Waals surface area contributed by atoms with Crippen molar-refractivity contribution in [1.29, 1.82) is 0 Å². The molecule has 4 saturated carbocycles. The molecule has 1 heterocycles. The number of benzene rings is 1. The molecule has 5 aliphatic rings. The molecule has 0 aromatic heterocycles. The van der Waals surface area contributed by atoms with Crippen molar-refractivity contribution in [3.63, 3.8) is 0 Å². The molecule has 1 saturated heterocycles. The first-order valence-electron chi connectivity index (χ1n) is 11.7. The molecule has 1 amide bonds. The van der Waals surface area contributed by atoms with Crippen molar-refractivity contribution in [2.45, 2.75) is 63.2 Å². The summed E-state index contributed by atoms with van der Waals surface area (Å²) in [5.41, 5.74) is -0.00385. The monoisotopic (exact) mass is 435 g/mol. The third-order valence-electron chi connectivity index (χ3n) is 8.21. The molecule has 1 aromatic carbocycles. The van der Waals surface area contributed by atoms with E-state index in [4.69, 9.17) is 0 Å². The Hall–Kier alpha value is -1.76. The Labute approximate surface area is 182 Å². The molecule has 5 fully saturated rings.